The van der Waals surface area contributed by atoms with Gasteiger partial charge in [0.15, 0.2) is 0 Å². The molecule has 0 heterocycles. The van der Waals surface area contributed by atoms with Crippen molar-refractivity contribution in [3.8, 4) is 0 Å². The van der Waals surface area contributed by atoms with Gasteiger partial charge in [-0.1, -0.05) is 6.07 Å². The first-order valence-electron chi connectivity index (χ1n) is 5.63. The van der Waals surface area contributed by atoms with E-state index in [4.69, 9.17) is 0 Å². The molecule has 0 atom stereocenters. The van der Waals surface area contributed by atoms with Crippen LogP contribution in [0.3, 0.4) is 0 Å². The molecule has 1 aromatic rings. The van der Waals surface area contributed by atoms with Crippen LogP contribution in [-0.2, 0) is 6.54 Å². The Morgan fingerprint density at radius 2 is 2.12 bits per heavy atom. The Bertz CT molecular complexity index is 326. The van der Waals surface area contributed by atoms with E-state index in [1.807, 2.05) is 18.8 Å². The molecular formula is C13H22N2S. The maximum atomic E-state index is 3.19. The highest BCUT2D eigenvalue weighted by molar-refractivity contribution is 7.98. The van der Waals surface area contributed by atoms with Crippen LogP contribution in [-0.4, -0.2) is 32.6 Å². The van der Waals surface area contributed by atoms with E-state index >= 15 is 0 Å². The minimum absolute atomic E-state index is 0.945. The molecule has 0 radical (unpaired) electrons. The predicted molar refractivity (Wildman–Crippen MR) is 75.6 cm³/mol. The van der Waals surface area contributed by atoms with E-state index in [2.05, 4.69) is 48.6 Å². The average Bonchev–Trinajstić information content (AvgIpc) is 2.29. The maximum Gasteiger partial charge on any atom is 0.0366 e. The van der Waals surface area contributed by atoms with E-state index < -0.39 is 0 Å². The number of hydrogen-bond acceptors (Lipinski definition) is 3. The molecule has 0 aliphatic rings. The fourth-order valence-electron chi connectivity index (χ4n) is 1.66. The summed E-state index contributed by atoms with van der Waals surface area (Å²) >= 11 is 1.89. The van der Waals surface area contributed by atoms with Crippen molar-refractivity contribution < 1.29 is 0 Å². The number of nitrogens with zero attached hydrogens (tertiary/aromatic N) is 1. The number of hydrogen-bond donors (Lipinski definition) is 1. The van der Waals surface area contributed by atoms with Crippen molar-refractivity contribution in [2.24, 2.45) is 0 Å². The summed E-state index contributed by atoms with van der Waals surface area (Å²) < 4.78 is 0. The van der Waals surface area contributed by atoms with E-state index in [1.54, 1.807) is 0 Å². The molecule has 3 heteroatoms. The topological polar surface area (TPSA) is 15.3 Å². The molecule has 1 rings (SSSR count). The fraction of sp³-hybridized carbons (Fsp3) is 0.538. The first-order chi connectivity index (χ1) is 7.69. The van der Waals surface area contributed by atoms with Gasteiger partial charge in [-0.15, -0.1) is 0 Å². The van der Waals surface area contributed by atoms with Gasteiger partial charge in [-0.25, -0.2) is 0 Å². The average molecular weight is 238 g/mol. The van der Waals surface area contributed by atoms with Crippen molar-refractivity contribution in [2.45, 2.75) is 13.5 Å². The summed E-state index contributed by atoms with van der Waals surface area (Å²) in [4.78, 5) is 2.31. The third kappa shape index (κ3) is 3.72. The van der Waals surface area contributed by atoms with Gasteiger partial charge < -0.3 is 10.2 Å². The zero-order valence-electron chi connectivity index (χ0n) is 10.7. The van der Waals surface area contributed by atoms with E-state index in [9.17, 15) is 0 Å². The number of rotatable bonds is 6. The molecule has 0 spiro atoms. The summed E-state index contributed by atoms with van der Waals surface area (Å²) in [6, 6.07) is 6.70. The standard InChI is InChI=1S/C13H22N2S/c1-11-9-13(15(3)7-8-16-4)6-5-12(11)10-14-2/h5-6,9,14H,7-8,10H2,1-4H3. The van der Waals surface area contributed by atoms with Crippen LogP contribution in [0.5, 0.6) is 0 Å². The number of benzene rings is 1. The lowest BCUT2D eigenvalue weighted by molar-refractivity contribution is 0.811. The van der Waals surface area contributed by atoms with Crippen molar-refractivity contribution in [1.29, 1.82) is 0 Å². The Hall–Kier alpha value is -0.670. The highest BCUT2D eigenvalue weighted by Gasteiger charge is 2.03. The van der Waals surface area contributed by atoms with Crippen molar-refractivity contribution >= 4 is 17.4 Å². The second-order valence-corrected chi connectivity index (χ2v) is 5.04. The molecule has 0 amide bonds. The Morgan fingerprint density at radius 3 is 2.69 bits per heavy atom. The van der Waals surface area contributed by atoms with E-state index in [0.29, 0.717) is 0 Å². The smallest absolute Gasteiger partial charge is 0.0366 e. The Labute approximate surface area is 103 Å². The normalized spacial score (nSPS) is 10.5. The summed E-state index contributed by atoms with van der Waals surface area (Å²) in [6.07, 6.45) is 2.15. The molecule has 0 saturated heterocycles. The van der Waals surface area contributed by atoms with Crippen molar-refractivity contribution in [3.05, 3.63) is 29.3 Å². The second kappa shape index (κ2) is 6.81. The molecule has 0 unspecified atom stereocenters. The minimum Gasteiger partial charge on any atom is -0.374 e. The first-order valence-corrected chi connectivity index (χ1v) is 7.02. The molecule has 0 aromatic heterocycles. The van der Waals surface area contributed by atoms with Crippen LogP contribution >= 0.6 is 11.8 Å². The molecule has 2 nitrogen and oxygen atoms in total. The summed E-state index contributed by atoms with van der Waals surface area (Å²) in [6.45, 7) is 4.23. The number of anilines is 1. The van der Waals surface area contributed by atoms with Crippen LogP contribution in [0.1, 0.15) is 11.1 Å². The lowest BCUT2D eigenvalue weighted by Crippen LogP contribution is -2.20. The van der Waals surface area contributed by atoms with Crippen LogP contribution in [0.25, 0.3) is 0 Å². The summed E-state index contributed by atoms with van der Waals surface area (Å²) in [5, 5.41) is 3.19. The van der Waals surface area contributed by atoms with Gasteiger partial charge in [0.05, 0.1) is 0 Å². The Balaban J connectivity index is 2.71. The van der Waals surface area contributed by atoms with Crippen LogP contribution in [0, 0.1) is 6.92 Å². The molecular weight excluding hydrogens is 216 g/mol. The van der Waals surface area contributed by atoms with Crippen LogP contribution in [0.4, 0.5) is 5.69 Å². The first kappa shape index (κ1) is 13.4. The number of thioether (sulfide) groups is 1. The molecule has 0 aliphatic heterocycles. The van der Waals surface area contributed by atoms with Gasteiger partial charge in [0.1, 0.15) is 0 Å². The van der Waals surface area contributed by atoms with E-state index in [1.165, 1.54) is 22.6 Å². The van der Waals surface area contributed by atoms with Crippen LogP contribution in [0.15, 0.2) is 18.2 Å². The second-order valence-electron chi connectivity index (χ2n) is 4.06. The number of nitrogens with one attached hydrogen (secondary N) is 1. The molecule has 0 fully saturated rings. The summed E-state index contributed by atoms with van der Waals surface area (Å²) in [7, 11) is 4.14. The zero-order chi connectivity index (χ0) is 12.0. The molecule has 0 bridgehead atoms. The largest absolute Gasteiger partial charge is 0.374 e. The van der Waals surface area contributed by atoms with E-state index in [0.717, 1.165) is 13.1 Å². The molecule has 0 saturated carbocycles. The predicted octanol–water partition coefficient (Wildman–Crippen LogP) is 2.51. The highest BCUT2D eigenvalue weighted by Crippen LogP contribution is 2.18. The van der Waals surface area contributed by atoms with Crippen molar-refractivity contribution in [2.75, 3.05) is 37.5 Å². The Kier molecular flexibility index (Phi) is 5.71. The highest BCUT2D eigenvalue weighted by atomic mass is 32.2. The lowest BCUT2D eigenvalue weighted by Gasteiger charge is -2.20. The third-order valence-electron chi connectivity index (χ3n) is 2.76. The summed E-state index contributed by atoms with van der Waals surface area (Å²) in [5.74, 6) is 1.17. The lowest BCUT2D eigenvalue weighted by atomic mass is 10.1. The summed E-state index contributed by atoms with van der Waals surface area (Å²) in [5.41, 5.74) is 4.05. The molecule has 0 aliphatic carbocycles. The Morgan fingerprint density at radius 1 is 1.38 bits per heavy atom. The number of aryl methyl sites for hydroxylation is 1. The fourth-order valence-corrected chi connectivity index (χ4v) is 2.12. The van der Waals surface area contributed by atoms with Gasteiger partial charge in [0, 0.05) is 31.6 Å². The maximum absolute atomic E-state index is 3.19. The van der Waals surface area contributed by atoms with Gasteiger partial charge in [-0.2, -0.15) is 11.8 Å². The van der Waals surface area contributed by atoms with Crippen molar-refractivity contribution in [3.63, 3.8) is 0 Å². The van der Waals surface area contributed by atoms with Gasteiger partial charge >= 0.3 is 0 Å². The SMILES string of the molecule is CNCc1ccc(N(C)CCSC)cc1C. The molecule has 90 valence electrons. The quantitative estimate of drug-likeness (QED) is 0.820. The monoisotopic (exact) mass is 238 g/mol. The minimum atomic E-state index is 0.945. The van der Waals surface area contributed by atoms with Gasteiger partial charge in [-0.3, -0.25) is 0 Å². The van der Waals surface area contributed by atoms with E-state index in [-0.39, 0.29) is 0 Å². The van der Waals surface area contributed by atoms with Gasteiger partial charge in [0.2, 0.25) is 0 Å². The molecule has 1 aromatic carbocycles. The van der Waals surface area contributed by atoms with Crippen LogP contribution in [0.2, 0.25) is 0 Å². The molecule has 16 heavy (non-hydrogen) atoms. The molecule has 1 N–H and O–H groups in total. The van der Waals surface area contributed by atoms with Crippen LogP contribution < -0.4 is 10.2 Å². The van der Waals surface area contributed by atoms with Gasteiger partial charge in [-0.05, 0) is 43.5 Å². The van der Waals surface area contributed by atoms with Gasteiger partial charge in [0.25, 0.3) is 0 Å². The zero-order valence-corrected chi connectivity index (χ0v) is 11.5. The van der Waals surface area contributed by atoms with Crippen molar-refractivity contribution in [1.82, 2.24) is 5.32 Å². The third-order valence-corrected chi connectivity index (χ3v) is 3.36.